The van der Waals surface area contributed by atoms with Gasteiger partial charge >= 0.3 is 0 Å². The Morgan fingerprint density at radius 1 is 1.32 bits per heavy atom. The van der Waals surface area contributed by atoms with Crippen molar-refractivity contribution in [3.63, 3.8) is 0 Å². The molecular formula is C14H15N3O2. The van der Waals surface area contributed by atoms with E-state index in [2.05, 4.69) is 10.3 Å². The molecule has 0 atom stereocenters. The number of primary amides is 1. The van der Waals surface area contributed by atoms with Crippen LogP contribution in [0, 0.1) is 0 Å². The van der Waals surface area contributed by atoms with Gasteiger partial charge in [-0.05, 0) is 43.3 Å². The van der Waals surface area contributed by atoms with Crippen molar-refractivity contribution >= 4 is 17.4 Å². The topological polar surface area (TPSA) is 77.2 Å². The SMILES string of the molecule is CCOc1ccc(Nc2ncccc2C(N)=O)cc1. The number of hydrogen-bond acceptors (Lipinski definition) is 4. The summed E-state index contributed by atoms with van der Waals surface area (Å²) in [5.74, 6) is 0.727. The van der Waals surface area contributed by atoms with Crippen molar-refractivity contribution in [3.05, 3.63) is 48.2 Å². The molecule has 1 heterocycles. The molecule has 98 valence electrons. The van der Waals surface area contributed by atoms with Crippen molar-refractivity contribution in [2.75, 3.05) is 11.9 Å². The molecule has 0 bridgehead atoms. The number of carbonyl (C=O) groups is 1. The molecule has 0 saturated heterocycles. The lowest BCUT2D eigenvalue weighted by Gasteiger charge is -2.09. The van der Waals surface area contributed by atoms with Crippen molar-refractivity contribution < 1.29 is 9.53 Å². The molecule has 0 fully saturated rings. The molecule has 5 nitrogen and oxygen atoms in total. The molecule has 1 aromatic heterocycles. The first kappa shape index (κ1) is 12.9. The summed E-state index contributed by atoms with van der Waals surface area (Å²) in [5.41, 5.74) is 6.46. The van der Waals surface area contributed by atoms with Crippen molar-refractivity contribution in [2.45, 2.75) is 6.92 Å². The maximum absolute atomic E-state index is 11.3. The van der Waals surface area contributed by atoms with E-state index in [1.807, 2.05) is 31.2 Å². The Balaban J connectivity index is 2.19. The third kappa shape index (κ3) is 3.22. The van der Waals surface area contributed by atoms with E-state index in [0.717, 1.165) is 11.4 Å². The molecule has 3 N–H and O–H groups in total. The predicted octanol–water partition coefficient (Wildman–Crippen LogP) is 2.32. The molecule has 5 heteroatoms. The highest BCUT2D eigenvalue weighted by atomic mass is 16.5. The van der Waals surface area contributed by atoms with Gasteiger partial charge in [0.05, 0.1) is 12.2 Å². The van der Waals surface area contributed by atoms with Gasteiger partial charge in [-0.3, -0.25) is 4.79 Å². The van der Waals surface area contributed by atoms with Gasteiger partial charge < -0.3 is 15.8 Å². The standard InChI is InChI=1S/C14H15N3O2/c1-2-19-11-7-5-10(6-8-11)17-14-12(13(15)18)4-3-9-16-14/h3-9H,2H2,1H3,(H2,15,18)(H,16,17). The van der Waals surface area contributed by atoms with E-state index in [0.29, 0.717) is 18.0 Å². The van der Waals surface area contributed by atoms with E-state index in [1.165, 1.54) is 0 Å². The van der Waals surface area contributed by atoms with Crippen molar-refractivity contribution in [1.82, 2.24) is 4.98 Å². The number of carbonyl (C=O) groups excluding carboxylic acids is 1. The molecule has 1 aromatic carbocycles. The van der Waals surface area contributed by atoms with Gasteiger partial charge in [-0.15, -0.1) is 0 Å². The van der Waals surface area contributed by atoms with Gasteiger partial charge in [0.15, 0.2) is 0 Å². The van der Waals surface area contributed by atoms with Gasteiger partial charge in [0.25, 0.3) is 5.91 Å². The number of nitrogens with two attached hydrogens (primary N) is 1. The highest BCUT2D eigenvalue weighted by Gasteiger charge is 2.08. The van der Waals surface area contributed by atoms with Gasteiger partial charge in [-0.25, -0.2) is 4.98 Å². The molecule has 19 heavy (non-hydrogen) atoms. The van der Waals surface area contributed by atoms with Crippen molar-refractivity contribution in [1.29, 1.82) is 0 Å². The summed E-state index contributed by atoms with van der Waals surface area (Å²) in [6, 6.07) is 10.7. The van der Waals surface area contributed by atoms with E-state index in [9.17, 15) is 4.79 Å². The number of benzene rings is 1. The molecule has 2 rings (SSSR count). The summed E-state index contributed by atoms with van der Waals surface area (Å²) in [4.78, 5) is 15.4. The quantitative estimate of drug-likeness (QED) is 0.861. The van der Waals surface area contributed by atoms with Crippen LogP contribution in [0.4, 0.5) is 11.5 Å². The Morgan fingerprint density at radius 2 is 2.05 bits per heavy atom. The first-order valence-electron chi connectivity index (χ1n) is 5.95. The molecule has 0 aliphatic carbocycles. The van der Waals surface area contributed by atoms with E-state index < -0.39 is 5.91 Å². The van der Waals surface area contributed by atoms with Crippen LogP contribution >= 0.6 is 0 Å². The summed E-state index contributed by atoms with van der Waals surface area (Å²) < 4.78 is 5.36. The predicted molar refractivity (Wildman–Crippen MR) is 73.6 cm³/mol. The number of anilines is 2. The number of pyridine rings is 1. The zero-order valence-corrected chi connectivity index (χ0v) is 10.6. The smallest absolute Gasteiger partial charge is 0.252 e. The fourth-order valence-corrected chi connectivity index (χ4v) is 1.64. The van der Waals surface area contributed by atoms with Gasteiger partial charge in [0.1, 0.15) is 11.6 Å². The Kier molecular flexibility index (Phi) is 3.97. The second-order valence-corrected chi connectivity index (χ2v) is 3.85. The fraction of sp³-hybridized carbons (Fsp3) is 0.143. The van der Waals surface area contributed by atoms with Gasteiger partial charge in [0, 0.05) is 11.9 Å². The van der Waals surface area contributed by atoms with E-state index >= 15 is 0 Å². The minimum atomic E-state index is -0.512. The van der Waals surface area contributed by atoms with Gasteiger partial charge in [0.2, 0.25) is 0 Å². The Hall–Kier alpha value is -2.56. The summed E-state index contributed by atoms with van der Waals surface area (Å²) in [7, 11) is 0. The maximum atomic E-state index is 11.3. The normalized spacial score (nSPS) is 9.95. The lowest BCUT2D eigenvalue weighted by atomic mass is 10.2. The minimum absolute atomic E-state index is 0.358. The number of ether oxygens (including phenoxy) is 1. The zero-order chi connectivity index (χ0) is 13.7. The van der Waals surface area contributed by atoms with Crippen LogP contribution in [0.3, 0.4) is 0 Å². The number of hydrogen-bond donors (Lipinski definition) is 2. The molecule has 0 radical (unpaired) electrons. The highest BCUT2D eigenvalue weighted by molar-refractivity contribution is 5.98. The number of rotatable bonds is 5. The highest BCUT2D eigenvalue weighted by Crippen LogP contribution is 2.20. The van der Waals surface area contributed by atoms with E-state index in [1.54, 1.807) is 18.3 Å². The summed E-state index contributed by atoms with van der Waals surface area (Å²) >= 11 is 0. The average molecular weight is 257 g/mol. The second-order valence-electron chi connectivity index (χ2n) is 3.85. The number of aromatic nitrogens is 1. The van der Waals surface area contributed by atoms with Gasteiger partial charge in [-0.2, -0.15) is 0 Å². The van der Waals surface area contributed by atoms with Crippen LogP contribution < -0.4 is 15.8 Å². The first-order valence-corrected chi connectivity index (χ1v) is 5.95. The first-order chi connectivity index (χ1) is 9.20. The lowest BCUT2D eigenvalue weighted by Crippen LogP contribution is -2.14. The fourth-order valence-electron chi connectivity index (χ4n) is 1.64. The third-order valence-corrected chi connectivity index (χ3v) is 2.50. The molecule has 2 aromatic rings. The summed E-state index contributed by atoms with van der Waals surface area (Å²) in [6.07, 6.45) is 1.60. The van der Waals surface area contributed by atoms with Crippen molar-refractivity contribution in [3.8, 4) is 5.75 Å². The number of nitrogens with one attached hydrogen (secondary N) is 1. The van der Waals surface area contributed by atoms with Crippen LogP contribution in [0.15, 0.2) is 42.6 Å². The van der Waals surface area contributed by atoms with Crippen LogP contribution in [0.5, 0.6) is 5.75 Å². The molecule has 0 saturated carbocycles. The van der Waals surface area contributed by atoms with Gasteiger partial charge in [-0.1, -0.05) is 0 Å². The minimum Gasteiger partial charge on any atom is -0.494 e. The zero-order valence-electron chi connectivity index (χ0n) is 10.6. The van der Waals surface area contributed by atoms with Crippen LogP contribution in [0.25, 0.3) is 0 Å². The molecular weight excluding hydrogens is 242 g/mol. The lowest BCUT2D eigenvalue weighted by molar-refractivity contribution is 0.100. The van der Waals surface area contributed by atoms with E-state index in [4.69, 9.17) is 10.5 Å². The monoisotopic (exact) mass is 257 g/mol. The number of nitrogens with zero attached hydrogens (tertiary/aromatic N) is 1. The molecule has 0 unspecified atom stereocenters. The molecule has 1 amide bonds. The summed E-state index contributed by atoms with van der Waals surface area (Å²) in [6.45, 7) is 2.55. The van der Waals surface area contributed by atoms with Crippen LogP contribution in [0.2, 0.25) is 0 Å². The molecule has 0 aliphatic rings. The number of amides is 1. The maximum Gasteiger partial charge on any atom is 0.252 e. The van der Waals surface area contributed by atoms with E-state index in [-0.39, 0.29) is 0 Å². The van der Waals surface area contributed by atoms with Crippen molar-refractivity contribution in [2.24, 2.45) is 5.73 Å². The summed E-state index contributed by atoms with van der Waals surface area (Å²) in [5, 5.41) is 3.06. The third-order valence-electron chi connectivity index (χ3n) is 2.50. The Bertz CT molecular complexity index is 567. The molecule has 0 spiro atoms. The average Bonchev–Trinajstić information content (AvgIpc) is 2.42. The van der Waals surface area contributed by atoms with Crippen LogP contribution in [-0.4, -0.2) is 17.5 Å². The largest absolute Gasteiger partial charge is 0.494 e. The Labute approximate surface area is 111 Å². The molecule has 0 aliphatic heterocycles. The van der Waals surface area contributed by atoms with Crippen LogP contribution in [0.1, 0.15) is 17.3 Å². The second kappa shape index (κ2) is 5.86. The Morgan fingerprint density at radius 3 is 2.68 bits per heavy atom. The van der Waals surface area contributed by atoms with Crippen LogP contribution in [-0.2, 0) is 0 Å².